The maximum Gasteiger partial charge on any atom is 0.255 e. The van der Waals surface area contributed by atoms with E-state index in [0.717, 1.165) is 53.9 Å². The molecule has 0 radical (unpaired) electrons. The highest BCUT2D eigenvalue weighted by molar-refractivity contribution is 6.05. The number of piperidine rings is 1. The van der Waals surface area contributed by atoms with Gasteiger partial charge in [0.05, 0.1) is 30.6 Å². The summed E-state index contributed by atoms with van der Waals surface area (Å²) in [6.07, 6.45) is 3.54. The molecular formula is C27H26N4O3. The standard InChI is InChI=1S/C27H26N4O3/c32-26(20-6-9-23(10-7-20)30-14-12-27(13-15-30)33-16-17-34-27)29-22-8-11-25-21(18-22)19-28-31(25)24-4-2-1-3-5-24/h1-11,18-19H,12-17H2,(H,29,32). The lowest BCUT2D eigenvalue weighted by Crippen LogP contribution is -2.45. The predicted molar refractivity (Wildman–Crippen MR) is 132 cm³/mol. The van der Waals surface area contributed by atoms with Crippen molar-refractivity contribution in [1.29, 1.82) is 0 Å². The lowest BCUT2D eigenvalue weighted by Gasteiger charge is -2.38. The van der Waals surface area contributed by atoms with E-state index in [-0.39, 0.29) is 11.7 Å². The molecular weight excluding hydrogens is 428 g/mol. The van der Waals surface area contributed by atoms with Crippen molar-refractivity contribution < 1.29 is 14.3 Å². The molecule has 2 aliphatic heterocycles. The fourth-order valence-electron chi connectivity index (χ4n) is 4.80. The van der Waals surface area contributed by atoms with Crippen LogP contribution in [0, 0.1) is 0 Å². The first-order valence-electron chi connectivity index (χ1n) is 11.7. The fourth-order valence-corrected chi connectivity index (χ4v) is 4.80. The zero-order chi connectivity index (χ0) is 23.0. The number of rotatable bonds is 4. The average molecular weight is 455 g/mol. The Kier molecular flexibility index (Phi) is 5.28. The number of benzene rings is 3. The van der Waals surface area contributed by atoms with Crippen molar-refractivity contribution in [3.05, 3.63) is 84.6 Å². The molecule has 1 N–H and O–H groups in total. The number of carbonyl (C=O) groups excluding carboxylic acids is 1. The third-order valence-corrected chi connectivity index (χ3v) is 6.66. The van der Waals surface area contributed by atoms with Crippen LogP contribution in [0.3, 0.4) is 0 Å². The zero-order valence-corrected chi connectivity index (χ0v) is 18.8. The molecule has 6 rings (SSSR count). The third kappa shape index (κ3) is 3.93. The molecule has 2 saturated heterocycles. The van der Waals surface area contributed by atoms with Crippen molar-refractivity contribution in [1.82, 2.24) is 9.78 Å². The lowest BCUT2D eigenvalue weighted by molar-refractivity contribution is -0.169. The Morgan fingerprint density at radius 1 is 0.882 bits per heavy atom. The van der Waals surface area contributed by atoms with Gasteiger partial charge in [-0.2, -0.15) is 5.10 Å². The van der Waals surface area contributed by atoms with E-state index in [9.17, 15) is 4.79 Å². The number of carbonyl (C=O) groups is 1. The monoisotopic (exact) mass is 454 g/mol. The number of hydrogen-bond donors (Lipinski definition) is 1. The summed E-state index contributed by atoms with van der Waals surface area (Å²) in [6, 6.07) is 23.6. The van der Waals surface area contributed by atoms with Crippen LogP contribution in [-0.4, -0.2) is 47.8 Å². The van der Waals surface area contributed by atoms with E-state index in [1.54, 1.807) is 0 Å². The number of nitrogens with one attached hydrogen (secondary N) is 1. The number of amides is 1. The van der Waals surface area contributed by atoms with Crippen LogP contribution in [0.4, 0.5) is 11.4 Å². The van der Waals surface area contributed by atoms with E-state index in [1.807, 2.05) is 83.7 Å². The molecule has 0 unspecified atom stereocenters. The van der Waals surface area contributed by atoms with Gasteiger partial charge in [-0.05, 0) is 54.6 Å². The van der Waals surface area contributed by atoms with Gasteiger partial charge < -0.3 is 19.7 Å². The number of ether oxygens (including phenoxy) is 2. The van der Waals surface area contributed by atoms with Crippen LogP contribution in [-0.2, 0) is 9.47 Å². The van der Waals surface area contributed by atoms with Crippen LogP contribution in [0.15, 0.2) is 79.0 Å². The summed E-state index contributed by atoms with van der Waals surface area (Å²) >= 11 is 0. The minimum absolute atomic E-state index is 0.133. The Bertz CT molecular complexity index is 1300. The van der Waals surface area contributed by atoms with Crippen molar-refractivity contribution >= 4 is 28.2 Å². The normalized spacial score (nSPS) is 17.4. The predicted octanol–water partition coefficient (Wildman–Crippen LogP) is 4.62. The molecule has 2 aliphatic rings. The summed E-state index contributed by atoms with van der Waals surface area (Å²) in [5.74, 6) is -0.513. The highest BCUT2D eigenvalue weighted by Crippen LogP contribution is 2.33. The summed E-state index contributed by atoms with van der Waals surface area (Å²) in [5.41, 5.74) is 4.47. The highest BCUT2D eigenvalue weighted by atomic mass is 16.7. The van der Waals surface area contributed by atoms with Crippen molar-refractivity contribution in [2.45, 2.75) is 18.6 Å². The largest absolute Gasteiger partial charge is 0.371 e. The molecule has 7 heteroatoms. The first kappa shape index (κ1) is 20.9. The minimum atomic E-state index is -0.380. The van der Waals surface area contributed by atoms with Gasteiger partial charge in [0, 0.05) is 48.3 Å². The zero-order valence-electron chi connectivity index (χ0n) is 18.8. The van der Waals surface area contributed by atoms with Gasteiger partial charge in [0.1, 0.15) is 0 Å². The number of anilines is 2. The average Bonchev–Trinajstić information content (AvgIpc) is 3.52. The number of hydrogen-bond acceptors (Lipinski definition) is 5. The van der Waals surface area contributed by atoms with E-state index in [2.05, 4.69) is 15.3 Å². The van der Waals surface area contributed by atoms with E-state index in [0.29, 0.717) is 18.8 Å². The number of fused-ring (bicyclic) bond motifs is 1. The van der Waals surface area contributed by atoms with Crippen LogP contribution < -0.4 is 10.2 Å². The summed E-state index contributed by atoms with van der Waals surface area (Å²) in [6.45, 7) is 3.13. The Balaban J connectivity index is 1.12. The van der Waals surface area contributed by atoms with Crippen LogP contribution in [0.2, 0.25) is 0 Å². The van der Waals surface area contributed by atoms with Gasteiger partial charge in [-0.3, -0.25) is 4.79 Å². The summed E-state index contributed by atoms with van der Waals surface area (Å²) in [5, 5.41) is 8.48. The second kappa shape index (κ2) is 8.59. The molecule has 4 aromatic rings. The second-order valence-corrected chi connectivity index (χ2v) is 8.76. The van der Waals surface area contributed by atoms with Gasteiger partial charge in [0.2, 0.25) is 0 Å². The number of aromatic nitrogens is 2. The smallest absolute Gasteiger partial charge is 0.255 e. The first-order chi connectivity index (χ1) is 16.7. The second-order valence-electron chi connectivity index (χ2n) is 8.76. The quantitative estimate of drug-likeness (QED) is 0.487. The molecule has 3 heterocycles. The summed E-state index contributed by atoms with van der Waals surface area (Å²) in [4.78, 5) is 15.2. The van der Waals surface area contributed by atoms with Gasteiger partial charge >= 0.3 is 0 Å². The molecule has 0 saturated carbocycles. The Morgan fingerprint density at radius 2 is 1.62 bits per heavy atom. The molecule has 34 heavy (non-hydrogen) atoms. The molecule has 7 nitrogen and oxygen atoms in total. The molecule has 2 fully saturated rings. The topological polar surface area (TPSA) is 68.6 Å². The van der Waals surface area contributed by atoms with Crippen molar-refractivity contribution in [2.75, 3.05) is 36.5 Å². The molecule has 0 bridgehead atoms. The van der Waals surface area contributed by atoms with Crippen LogP contribution >= 0.6 is 0 Å². The molecule has 1 spiro atoms. The molecule has 1 amide bonds. The maximum atomic E-state index is 12.9. The molecule has 172 valence electrons. The summed E-state index contributed by atoms with van der Waals surface area (Å²) in [7, 11) is 0. The van der Waals surface area contributed by atoms with Gasteiger partial charge in [0.15, 0.2) is 5.79 Å². The third-order valence-electron chi connectivity index (χ3n) is 6.66. The first-order valence-corrected chi connectivity index (χ1v) is 11.7. The van der Waals surface area contributed by atoms with Crippen molar-refractivity contribution in [3.8, 4) is 5.69 Å². The SMILES string of the molecule is O=C(Nc1ccc2c(cnn2-c2ccccc2)c1)c1ccc(N2CCC3(CC2)OCCO3)cc1. The summed E-state index contributed by atoms with van der Waals surface area (Å²) < 4.78 is 13.5. The Labute approximate surface area is 197 Å². The maximum absolute atomic E-state index is 12.9. The van der Waals surface area contributed by atoms with Gasteiger partial charge in [-0.1, -0.05) is 18.2 Å². The van der Waals surface area contributed by atoms with Crippen molar-refractivity contribution in [2.24, 2.45) is 0 Å². The molecule has 3 aromatic carbocycles. The van der Waals surface area contributed by atoms with E-state index < -0.39 is 0 Å². The van der Waals surface area contributed by atoms with E-state index in [1.165, 1.54) is 0 Å². The van der Waals surface area contributed by atoms with Gasteiger partial charge in [-0.25, -0.2) is 4.68 Å². The van der Waals surface area contributed by atoms with E-state index in [4.69, 9.17) is 9.47 Å². The Hall–Kier alpha value is -3.68. The van der Waals surface area contributed by atoms with Gasteiger partial charge in [0.25, 0.3) is 5.91 Å². The van der Waals surface area contributed by atoms with Gasteiger partial charge in [-0.15, -0.1) is 0 Å². The van der Waals surface area contributed by atoms with Crippen molar-refractivity contribution in [3.63, 3.8) is 0 Å². The van der Waals surface area contributed by atoms with Crippen LogP contribution in [0.1, 0.15) is 23.2 Å². The van der Waals surface area contributed by atoms with Crippen LogP contribution in [0.5, 0.6) is 0 Å². The number of nitrogens with zero attached hydrogens (tertiary/aromatic N) is 3. The minimum Gasteiger partial charge on any atom is -0.371 e. The van der Waals surface area contributed by atoms with Crippen LogP contribution in [0.25, 0.3) is 16.6 Å². The molecule has 0 aliphatic carbocycles. The van der Waals surface area contributed by atoms with E-state index >= 15 is 0 Å². The lowest BCUT2D eigenvalue weighted by atomic mass is 10.0. The number of para-hydroxylation sites is 1. The molecule has 0 atom stereocenters. The Morgan fingerprint density at radius 3 is 2.35 bits per heavy atom. The fraction of sp³-hybridized carbons (Fsp3) is 0.259. The highest BCUT2D eigenvalue weighted by Gasteiger charge is 2.39. The molecule has 1 aromatic heterocycles.